The number of anilines is 3. The van der Waals surface area contributed by atoms with Gasteiger partial charge in [-0.2, -0.15) is 0 Å². The van der Waals surface area contributed by atoms with E-state index in [1.165, 1.54) is 0 Å². The number of aromatic nitrogens is 1. The summed E-state index contributed by atoms with van der Waals surface area (Å²) in [5.74, 6) is 1.09. The molecule has 0 atom stereocenters. The highest BCUT2D eigenvalue weighted by atomic mass is 79.9. The number of rotatable bonds is 5. The monoisotopic (exact) mass is 407 g/mol. The van der Waals surface area contributed by atoms with Gasteiger partial charge in [0, 0.05) is 11.0 Å². The summed E-state index contributed by atoms with van der Waals surface area (Å²) in [5.41, 5.74) is 0.712. The van der Waals surface area contributed by atoms with E-state index in [2.05, 4.69) is 38.5 Å². The first kappa shape index (κ1) is 16.7. The van der Waals surface area contributed by atoms with Gasteiger partial charge in [-0.1, -0.05) is 57.7 Å². The molecule has 0 aliphatic rings. The molecule has 3 nitrogen and oxygen atoms in total. The average molecular weight is 410 g/mol. The number of benzene rings is 1. The van der Waals surface area contributed by atoms with Crippen LogP contribution in [0.1, 0.15) is 13.3 Å². The van der Waals surface area contributed by atoms with Crippen LogP contribution in [0.3, 0.4) is 0 Å². The van der Waals surface area contributed by atoms with E-state index >= 15 is 0 Å². The van der Waals surface area contributed by atoms with Gasteiger partial charge in [-0.05, 0) is 30.7 Å². The Balaban J connectivity index is 2.32. The summed E-state index contributed by atoms with van der Waals surface area (Å²) in [7, 11) is 0. The molecule has 0 saturated carbocycles. The van der Waals surface area contributed by atoms with Crippen LogP contribution in [0, 0.1) is 0 Å². The van der Waals surface area contributed by atoms with Crippen molar-refractivity contribution in [1.29, 1.82) is 0 Å². The lowest BCUT2D eigenvalue weighted by Crippen LogP contribution is -2.05. The third kappa shape index (κ3) is 4.39. The van der Waals surface area contributed by atoms with Crippen LogP contribution < -0.4 is 10.6 Å². The van der Waals surface area contributed by atoms with Crippen LogP contribution in [0.4, 0.5) is 17.3 Å². The van der Waals surface area contributed by atoms with E-state index in [9.17, 15) is 0 Å². The Morgan fingerprint density at radius 2 is 1.76 bits per heavy atom. The van der Waals surface area contributed by atoms with Crippen LogP contribution >= 0.6 is 50.7 Å². The van der Waals surface area contributed by atoms with Crippen molar-refractivity contribution in [2.24, 2.45) is 0 Å². The second kappa shape index (κ2) is 7.54. The SMILES string of the molecule is CCCNc1nc(Nc2cc(Br)ccc2Cl)c(Cl)cc1Cl. The highest BCUT2D eigenvalue weighted by Gasteiger charge is 2.11. The second-order valence-electron chi connectivity index (χ2n) is 4.33. The van der Waals surface area contributed by atoms with E-state index in [0.29, 0.717) is 32.4 Å². The summed E-state index contributed by atoms with van der Waals surface area (Å²) in [6.07, 6.45) is 0.973. The molecule has 0 bridgehead atoms. The Morgan fingerprint density at radius 1 is 1.05 bits per heavy atom. The first-order valence-corrected chi connectivity index (χ1v) is 8.26. The number of hydrogen-bond acceptors (Lipinski definition) is 3. The van der Waals surface area contributed by atoms with Gasteiger partial charge in [0.1, 0.15) is 5.82 Å². The molecule has 0 saturated heterocycles. The normalized spacial score (nSPS) is 10.5. The van der Waals surface area contributed by atoms with Gasteiger partial charge in [0.05, 0.1) is 20.8 Å². The minimum Gasteiger partial charge on any atom is -0.369 e. The van der Waals surface area contributed by atoms with Gasteiger partial charge < -0.3 is 10.6 Å². The van der Waals surface area contributed by atoms with Crippen LogP contribution in [0.15, 0.2) is 28.7 Å². The maximum atomic E-state index is 6.19. The molecule has 2 aromatic rings. The van der Waals surface area contributed by atoms with E-state index < -0.39 is 0 Å². The predicted molar refractivity (Wildman–Crippen MR) is 95.5 cm³/mol. The van der Waals surface area contributed by atoms with E-state index in [1.54, 1.807) is 12.1 Å². The third-order valence-electron chi connectivity index (χ3n) is 2.65. The standard InChI is InChI=1S/C14H13BrCl3N3/c1-2-5-19-13-10(17)7-11(18)14(21-13)20-12-6-8(15)3-4-9(12)16/h3-4,6-7H,2,5H2,1H3,(H2,19,20,21). The van der Waals surface area contributed by atoms with Gasteiger partial charge in [0.25, 0.3) is 0 Å². The average Bonchev–Trinajstić information content (AvgIpc) is 2.44. The Kier molecular flexibility index (Phi) is 5.99. The van der Waals surface area contributed by atoms with Crippen LogP contribution in [-0.2, 0) is 0 Å². The smallest absolute Gasteiger partial charge is 0.151 e. The highest BCUT2D eigenvalue weighted by Crippen LogP contribution is 2.34. The van der Waals surface area contributed by atoms with Gasteiger partial charge in [-0.3, -0.25) is 0 Å². The van der Waals surface area contributed by atoms with Crippen LogP contribution in [0.2, 0.25) is 15.1 Å². The van der Waals surface area contributed by atoms with Gasteiger partial charge in [0.15, 0.2) is 5.82 Å². The lowest BCUT2D eigenvalue weighted by atomic mass is 10.3. The van der Waals surface area contributed by atoms with Crippen LogP contribution in [0.5, 0.6) is 0 Å². The molecular weight excluding hydrogens is 396 g/mol. The lowest BCUT2D eigenvalue weighted by Gasteiger charge is -2.13. The molecule has 7 heteroatoms. The molecule has 1 aromatic heterocycles. The van der Waals surface area contributed by atoms with Crippen LogP contribution in [0.25, 0.3) is 0 Å². The molecular formula is C14H13BrCl3N3. The molecule has 0 amide bonds. The number of nitrogens with zero attached hydrogens (tertiary/aromatic N) is 1. The van der Waals surface area contributed by atoms with Crippen LogP contribution in [-0.4, -0.2) is 11.5 Å². The summed E-state index contributed by atoms with van der Waals surface area (Å²) in [6, 6.07) is 7.16. The zero-order valence-electron chi connectivity index (χ0n) is 11.2. The molecule has 0 unspecified atom stereocenters. The molecule has 1 aromatic carbocycles. The molecule has 112 valence electrons. The molecule has 0 spiro atoms. The zero-order valence-corrected chi connectivity index (χ0v) is 15.0. The molecule has 21 heavy (non-hydrogen) atoms. The van der Waals surface area contributed by atoms with Crippen molar-refractivity contribution in [2.75, 3.05) is 17.2 Å². The number of hydrogen-bond donors (Lipinski definition) is 2. The maximum absolute atomic E-state index is 6.19. The second-order valence-corrected chi connectivity index (χ2v) is 6.46. The largest absolute Gasteiger partial charge is 0.369 e. The van der Waals surface area contributed by atoms with Crippen molar-refractivity contribution in [3.8, 4) is 0 Å². The summed E-state index contributed by atoms with van der Waals surface area (Å²) >= 11 is 21.9. The molecule has 0 aliphatic carbocycles. The summed E-state index contributed by atoms with van der Waals surface area (Å²) in [6.45, 7) is 2.85. The van der Waals surface area contributed by atoms with Crippen molar-refractivity contribution in [3.05, 3.63) is 43.8 Å². The van der Waals surface area contributed by atoms with Crippen molar-refractivity contribution >= 4 is 68.1 Å². The number of halogens is 4. The van der Waals surface area contributed by atoms with Crippen molar-refractivity contribution < 1.29 is 0 Å². The summed E-state index contributed by atoms with van der Waals surface area (Å²) in [4.78, 5) is 4.42. The van der Waals surface area contributed by atoms with Crippen molar-refractivity contribution in [3.63, 3.8) is 0 Å². The zero-order chi connectivity index (χ0) is 15.4. The van der Waals surface area contributed by atoms with E-state index in [1.807, 2.05) is 12.1 Å². The van der Waals surface area contributed by atoms with Gasteiger partial charge in [-0.25, -0.2) is 4.98 Å². The Hall–Kier alpha value is -0.680. The Bertz CT molecular complexity index is 650. The number of nitrogens with one attached hydrogen (secondary N) is 2. The Morgan fingerprint density at radius 3 is 2.48 bits per heavy atom. The van der Waals surface area contributed by atoms with Crippen molar-refractivity contribution in [1.82, 2.24) is 4.98 Å². The summed E-state index contributed by atoms with van der Waals surface area (Å²) < 4.78 is 0.906. The first-order valence-electron chi connectivity index (χ1n) is 6.33. The molecule has 0 aliphatic heterocycles. The first-order chi connectivity index (χ1) is 10.0. The third-order valence-corrected chi connectivity index (χ3v) is 4.05. The fraction of sp³-hybridized carbons (Fsp3) is 0.214. The van der Waals surface area contributed by atoms with Gasteiger partial charge >= 0.3 is 0 Å². The van der Waals surface area contributed by atoms with Crippen molar-refractivity contribution in [2.45, 2.75) is 13.3 Å². The van der Waals surface area contributed by atoms with Gasteiger partial charge in [0.2, 0.25) is 0 Å². The summed E-state index contributed by atoms with van der Waals surface area (Å²) in [5, 5.41) is 7.77. The number of pyridine rings is 1. The molecule has 2 N–H and O–H groups in total. The minimum atomic E-state index is 0.429. The van der Waals surface area contributed by atoms with Gasteiger partial charge in [-0.15, -0.1) is 0 Å². The quantitative estimate of drug-likeness (QED) is 0.602. The minimum absolute atomic E-state index is 0.429. The maximum Gasteiger partial charge on any atom is 0.151 e. The van der Waals surface area contributed by atoms with E-state index in [4.69, 9.17) is 34.8 Å². The lowest BCUT2D eigenvalue weighted by molar-refractivity contribution is 0.970. The molecule has 0 radical (unpaired) electrons. The Labute approximate surface area is 147 Å². The van der Waals surface area contributed by atoms with E-state index in [0.717, 1.165) is 17.4 Å². The fourth-order valence-electron chi connectivity index (χ4n) is 1.64. The fourth-order valence-corrected chi connectivity index (χ4v) is 2.64. The van der Waals surface area contributed by atoms with E-state index in [-0.39, 0.29) is 0 Å². The molecule has 0 fully saturated rings. The topological polar surface area (TPSA) is 37.0 Å². The molecule has 1 heterocycles. The molecule has 2 rings (SSSR count). The predicted octanol–water partition coefficient (Wildman–Crippen LogP) is 6.37. The highest BCUT2D eigenvalue weighted by molar-refractivity contribution is 9.10.